The van der Waals surface area contributed by atoms with E-state index < -0.39 is 0 Å². The van der Waals surface area contributed by atoms with E-state index in [0.717, 1.165) is 48.6 Å². The van der Waals surface area contributed by atoms with Gasteiger partial charge in [-0.05, 0) is 37.9 Å². The number of anilines is 1. The summed E-state index contributed by atoms with van der Waals surface area (Å²) in [4.78, 5) is 11.4. The highest BCUT2D eigenvalue weighted by Gasteiger charge is 2.21. The molecule has 136 valence electrons. The number of benzene rings is 1. The van der Waals surface area contributed by atoms with E-state index in [0.29, 0.717) is 6.04 Å². The summed E-state index contributed by atoms with van der Waals surface area (Å²) in [5, 5.41) is 12.2. The SMILES string of the molecule is CCCCN1CCC(Nc2ncnc3c2nnn3-c2ccccc2)CC1. The minimum atomic E-state index is 0.424. The van der Waals surface area contributed by atoms with Crippen molar-refractivity contribution in [1.29, 1.82) is 0 Å². The van der Waals surface area contributed by atoms with Gasteiger partial charge >= 0.3 is 0 Å². The van der Waals surface area contributed by atoms with Crippen molar-refractivity contribution in [1.82, 2.24) is 29.9 Å². The summed E-state index contributed by atoms with van der Waals surface area (Å²) < 4.78 is 1.76. The van der Waals surface area contributed by atoms with Crippen molar-refractivity contribution in [3.63, 3.8) is 0 Å². The molecule has 1 saturated heterocycles. The molecule has 1 N–H and O–H groups in total. The molecule has 0 bridgehead atoms. The largest absolute Gasteiger partial charge is 0.365 e. The monoisotopic (exact) mass is 351 g/mol. The Labute approximate surface area is 153 Å². The van der Waals surface area contributed by atoms with E-state index in [1.807, 2.05) is 30.3 Å². The normalized spacial score (nSPS) is 16.2. The van der Waals surface area contributed by atoms with Crippen LogP contribution < -0.4 is 5.32 Å². The van der Waals surface area contributed by atoms with Crippen LogP contribution in [-0.4, -0.2) is 55.5 Å². The summed E-state index contributed by atoms with van der Waals surface area (Å²) in [5.74, 6) is 0.782. The molecule has 7 heteroatoms. The standard InChI is InChI=1S/C19H25N7/c1-2-3-11-25-12-9-15(10-13-25)22-18-17-19(21-14-20-18)26(24-23-17)16-7-5-4-6-8-16/h4-8,14-15H,2-3,9-13H2,1H3,(H,20,21,22). The molecule has 7 nitrogen and oxygen atoms in total. The van der Waals surface area contributed by atoms with Gasteiger partial charge in [-0.2, -0.15) is 4.68 Å². The van der Waals surface area contributed by atoms with Crippen LogP contribution in [-0.2, 0) is 0 Å². The maximum absolute atomic E-state index is 4.42. The van der Waals surface area contributed by atoms with E-state index in [1.54, 1.807) is 11.0 Å². The van der Waals surface area contributed by atoms with Crippen LogP contribution in [0, 0.1) is 0 Å². The number of piperidine rings is 1. The third kappa shape index (κ3) is 3.53. The van der Waals surface area contributed by atoms with E-state index in [2.05, 4.69) is 37.4 Å². The number of aromatic nitrogens is 5. The third-order valence-corrected chi connectivity index (χ3v) is 4.99. The Bertz CT molecular complexity index is 837. The quantitative estimate of drug-likeness (QED) is 0.736. The summed E-state index contributed by atoms with van der Waals surface area (Å²) in [7, 11) is 0. The molecule has 0 radical (unpaired) electrons. The third-order valence-electron chi connectivity index (χ3n) is 4.99. The molecule has 3 heterocycles. The Hall–Kier alpha value is -2.54. The molecular formula is C19H25N7. The molecule has 0 saturated carbocycles. The fraction of sp³-hybridized carbons (Fsp3) is 0.474. The molecule has 0 aliphatic carbocycles. The lowest BCUT2D eigenvalue weighted by molar-refractivity contribution is 0.216. The fourth-order valence-electron chi connectivity index (χ4n) is 3.47. The molecule has 1 fully saturated rings. The number of nitrogens with zero attached hydrogens (tertiary/aromatic N) is 6. The van der Waals surface area contributed by atoms with Crippen LogP contribution in [0.25, 0.3) is 16.9 Å². The first kappa shape index (κ1) is 16.9. The molecule has 0 spiro atoms. The second-order valence-electron chi connectivity index (χ2n) is 6.85. The van der Waals surface area contributed by atoms with Crippen LogP contribution >= 0.6 is 0 Å². The van der Waals surface area contributed by atoms with Crippen molar-refractivity contribution in [2.75, 3.05) is 25.0 Å². The van der Waals surface area contributed by atoms with Crippen LogP contribution in [0.5, 0.6) is 0 Å². The summed E-state index contributed by atoms with van der Waals surface area (Å²) in [6.07, 6.45) is 6.38. The van der Waals surface area contributed by atoms with Gasteiger partial charge < -0.3 is 10.2 Å². The molecule has 3 aromatic rings. The van der Waals surface area contributed by atoms with Crippen molar-refractivity contribution in [3.8, 4) is 5.69 Å². The molecule has 0 amide bonds. The first-order valence-electron chi connectivity index (χ1n) is 9.46. The zero-order valence-electron chi connectivity index (χ0n) is 15.2. The average Bonchev–Trinajstić information content (AvgIpc) is 3.13. The van der Waals surface area contributed by atoms with Gasteiger partial charge in [-0.15, -0.1) is 5.10 Å². The van der Waals surface area contributed by atoms with Gasteiger partial charge in [0, 0.05) is 19.1 Å². The number of para-hydroxylation sites is 1. The van der Waals surface area contributed by atoms with E-state index in [1.165, 1.54) is 19.4 Å². The molecule has 0 atom stereocenters. The van der Waals surface area contributed by atoms with Crippen LogP contribution in [0.3, 0.4) is 0 Å². The Morgan fingerprint density at radius 3 is 2.69 bits per heavy atom. The van der Waals surface area contributed by atoms with Crippen LogP contribution in [0.1, 0.15) is 32.6 Å². The minimum Gasteiger partial charge on any atom is -0.365 e. The van der Waals surface area contributed by atoms with E-state index in [9.17, 15) is 0 Å². The first-order valence-corrected chi connectivity index (χ1v) is 9.46. The van der Waals surface area contributed by atoms with Gasteiger partial charge in [0.25, 0.3) is 0 Å². The van der Waals surface area contributed by atoms with Gasteiger partial charge in [0.2, 0.25) is 0 Å². The second kappa shape index (κ2) is 7.78. The highest BCUT2D eigenvalue weighted by Crippen LogP contribution is 2.22. The first-order chi connectivity index (χ1) is 12.8. The summed E-state index contributed by atoms with van der Waals surface area (Å²) in [5.41, 5.74) is 2.41. The molecule has 1 aromatic carbocycles. The molecule has 0 unspecified atom stereocenters. The fourth-order valence-corrected chi connectivity index (χ4v) is 3.47. The predicted molar refractivity (Wildman–Crippen MR) is 102 cm³/mol. The lowest BCUT2D eigenvalue weighted by atomic mass is 10.0. The van der Waals surface area contributed by atoms with Gasteiger partial charge in [-0.25, -0.2) is 9.97 Å². The zero-order valence-corrected chi connectivity index (χ0v) is 15.2. The maximum atomic E-state index is 4.42. The molecule has 4 rings (SSSR count). The van der Waals surface area contributed by atoms with Gasteiger partial charge in [0.15, 0.2) is 17.0 Å². The number of nitrogens with one attached hydrogen (secondary N) is 1. The summed E-state index contributed by atoms with van der Waals surface area (Å²) in [6.45, 7) is 5.74. The summed E-state index contributed by atoms with van der Waals surface area (Å²) >= 11 is 0. The van der Waals surface area contributed by atoms with Crippen molar-refractivity contribution in [2.24, 2.45) is 0 Å². The van der Waals surface area contributed by atoms with E-state index in [-0.39, 0.29) is 0 Å². The van der Waals surface area contributed by atoms with Gasteiger partial charge in [0.1, 0.15) is 6.33 Å². The highest BCUT2D eigenvalue weighted by molar-refractivity contribution is 5.83. The van der Waals surface area contributed by atoms with Gasteiger partial charge in [-0.3, -0.25) is 0 Å². The number of fused-ring (bicyclic) bond motifs is 1. The lowest BCUT2D eigenvalue weighted by Crippen LogP contribution is -2.39. The number of likely N-dealkylation sites (tertiary alicyclic amines) is 1. The van der Waals surface area contributed by atoms with Crippen molar-refractivity contribution in [3.05, 3.63) is 36.7 Å². The smallest absolute Gasteiger partial charge is 0.188 e. The number of hydrogen-bond donors (Lipinski definition) is 1. The Balaban J connectivity index is 1.49. The maximum Gasteiger partial charge on any atom is 0.188 e. The molecular weight excluding hydrogens is 326 g/mol. The minimum absolute atomic E-state index is 0.424. The molecule has 1 aliphatic rings. The molecule has 2 aromatic heterocycles. The highest BCUT2D eigenvalue weighted by atomic mass is 15.4. The van der Waals surface area contributed by atoms with E-state index in [4.69, 9.17) is 0 Å². The number of rotatable bonds is 6. The Kier molecular flexibility index (Phi) is 5.06. The van der Waals surface area contributed by atoms with Crippen molar-refractivity contribution < 1.29 is 0 Å². The lowest BCUT2D eigenvalue weighted by Gasteiger charge is -2.32. The molecule has 26 heavy (non-hydrogen) atoms. The number of hydrogen-bond acceptors (Lipinski definition) is 6. The van der Waals surface area contributed by atoms with Gasteiger partial charge in [-0.1, -0.05) is 36.8 Å². The van der Waals surface area contributed by atoms with Crippen molar-refractivity contribution in [2.45, 2.75) is 38.6 Å². The average molecular weight is 351 g/mol. The topological polar surface area (TPSA) is 71.8 Å². The van der Waals surface area contributed by atoms with Gasteiger partial charge in [0.05, 0.1) is 5.69 Å². The van der Waals surface area contributed by atoms with Crippen LogP contribution in [0.15, 0.2) is 36.7 Å². The van der Waals surface area contributed by atoms with Crippen LogP contribution in [0.4, 0.5) is 5.82 Å². The Morgan fingerprint density at radius 1 is 1.12 bits per heavy atom. The Morgan fingerprint density at radius 2 is 1.92 bits per heavy atom. The summed E-state index contributed by atoms with van der Waals surface area (Å²) in [6, 6.07) is 10.4. The zero-order chi connectivity index (χ0) is 17.8. The predicted octanol–water partition coefficient (Wildman–Crippen LogP) is 2.89. The van der Waals surface area contributed by atoms with Crippen LogP contribution in [0.2, 0.25) is 0 Å². The number of unbranched alkanes of at least 4 members (excludes halogenated alkanes) is 1. The van der Waals surface area contributed by atoms with E-state index >= 15 is 0 Å². The molecule has 1 aliphatic heterocycles. The van der Waals surface area contributed by atoms with Crippen molar-refractivity contribution >= 4 is 17.0 Å². The second-order valence-corrected chi connectivity index (χ2v) is 6.85.